The summed E-state index contributed by atoms with van der Waals surface area (Å²) in [7, 11) is 0. The van der Waals surface area contributed by atoms with Crippen LogP contribution in [0, 0.1) is 5.92 Å². The quantitative estimate of drug-likeness (QED) is 0.151. The Morgan fingerprint density at radius 3 is 2.53 bits per heavy atom. The van der Waals surface area contributed by atoms with Gasteiger partial charge in [0, 0.05) is 67.5 Å². The number of nitrogens with zero attached hydrogens (tertiary/aromatic N) is 2. The zero-order valence-corrected chi connectivity index (χ0v) is 33.5. The number of allylic oxidation sites excluding steroid dienone is 6. The van der Waals surface area contributed by atoms with Gasteiger partial charge in [-0.3, -0.25) is 0 Å². The third kappa shape index (κ3) is 5.75. The van der Waals surface area contributed by atoms with Gasteiger partial charge in [0.05, 0.1) is 22.9 Å². The smallest absolute Gasteiger partial charge is 0.135 e. The van der Waals surface area contributed by atoms with E-state index in [0.717, 1.165) is 47.4 Å². The van der Waals surface area contributed by atoms with Gasteiger partial charge in [-0.1, -0.05) is 104 Å². The summed E-state index contributed by atoms with van der Waals surface area (Å²) in [5.41, 5.74) is 20.6. The first-order valence-electron chi connectivity index (χ1n) is 21.0. The minimum absolute atomic E-state index is 0.109. The third-order valence-electron chi connectivity index (χ3n) is 12.8. The van der Waals surface area contributed by atoms with Crippen LogP contribution < -0.4 is 11.1 Å². The lowest BCUT2D eigenvalue weighted by Crippen LogP contribution is -2.18. The van der Waals surface area contributed by atoms with Crippen LogP contribution in [0.4, 0.5) is 11.4 Å². The van der Waals surface area contributed by atoms with Gasteiger partial charge in [-0.25, -0.2) is 0 Å². The molecule has 0 saturated carbocycles. The van der Waals surface area contributed by atoms with Crippen LogP contribution in [0.1, 0.15) is 54.5 Å². The average molecular weight is 767 g/mol. The van der Waals surface area contributed by atoms with E-state index in [9.17, 15) is 0 Å². The second-order valence-electron chi connectivity index (χ2n) is 16.1. The summed E-state index contributed by atoms with van der Waals surface area (Å²) < 4.78 is 11.4. The number of anilines is 2. The number of nitrogen functional groups attached to an aromatic ring is 1. The van der Waals surface area contributed by atoms with Gasteiger partial charge in [0.1, 0.15) is 11.3 Å². The Bertz CT molecular complexity index is 3250. The van der Waals surface area contributed by atoms with Crippen molar-refractivity contribution in [1.29, 1.82) is 0 Å². The standard InChI is InChI=1S/C54H46N4O/c1-3-13-52-39(4-2)43-31-37(24-29-53(43)59-52)47(56-46-20-11-10-19-45(46)55)33-57-48-28-25-38(32-44(48)54-40-17-8-7-15-35(40)23-27-51(54)57)58-49-21-12-9-18-41(49)42-30-36-16-6-5-14-34(36)22-26-50(42)58/h3,5-21,23-25,27-32,34,47,56H,4,22,26,33,55H2,1-2H3/b13-3-. The number of para-hydroxylation sites is 3. The van der Waals surface area contributed by atoms with Crippen molar-refractivity contribution in [3.63, 3.8) is 0 Å². The van der Waals surface area contributed by atoms with E-state index in [4.69, 9.17) is 10.2 Å². The van der Waals surface area contributed by atoms with Gasteiger partial charge in [0.15, 0.2) is 0 Å². The van der Waals surface area contributed by atoms with Crippen LogP contribution in [0.3, 0.4) is 0 Å². The lowest BCUT2D eigenvalue weighted by Gasteiger charge is -2.23. The number of rotatable bonds is 8. The summed E-state index contributed by atoms with van der Waals surface area (Å²) in [6.45, 7) is 4.91. The Morgan fingerprint density at radius 2 is 1.64 bits per heavy atom. The molecule has 11 rings (SSSR count). The topological polar surface area (TPSA) is 61.0 Å². The molecule has 2 unspecified atom stereocenters. The molecule has 0 amide bonds. The van der Waals surface area contributed by atoms with E-state index < -0.39 is 0 Å². The summed E-state index contributed by atoms with van der Waals surface area (Å²) >= 11 is 0. The van der Waals surface area contributed by atoms with Gasteiger partial charge in [-0.05, 0) is 115 Å². The molecule has 6 aromatic carbocycles. The normalized spacial score (nSPS) is 15.7. The summed E-state index contributed by atoms with van der Waals surface area (Å²) in [5.74, 6) is 1.37. The Labute approximate surface area is 344 Å². The molecule has 0 saturated heterocycles. The molecule has 2 aliphatic carbocycles. The lowest BCUT2D eigenvalue weighted by molar-refractivity contribution is 0.598. The molecule has 5 nitrogen and oxygen atoms in total. The van der Waals surface area contributed by atoms with Gasteiger partial charge < -0.3 is 24.6 Å². The summed E-state index contributed by atoms with van der Waals surface area (Å²) in [4.78, 5) is 0. The number of benzene rings is 6. The fourth-order valence-electron chi connectivity index (χ4n) is 9.98. The maximum absolute atomic E-state index is 6.63. The molecule has 0 fully saturated rings. The molecule has 5 heteroatoms. The van der Waals surface area contributed by atoms with Crippen LogP contribution in [0.5, 0.6) is 0 Å². The van der Waals surface area contributed by atoms with Crippen molar-refractivity contribution in [2.45, 2.75) is 45.7 Å². The lowest BCUT2D eigenvalue weighted by atomic mass is 9.91. The van der Waals surface area contributed by atoms with E-state index in [1.54, 1.807) is 0 Å². The van der Waals surface area contributed by atoms with E-state index >= 15 is 0 Å². The van der Waals surface area contributed by atoms with Crippen molar-refractivity contribution >= 4 is 78.0 Å². The predicted molar refractivity (Wildman–Crippen MR) is 249 cm³/mol. The maximum atomic E-state index is 6.63. The number of nitrogens with one attached hydrogen (secondary N) is 1. The number of aryl methyl sites for hydroxylation is 1. The van der Waals surface area contributed by atoms with Crippen molar-refractivity contribution in [2.24, 2.45) is 5.92 Å². The molecule has 288 valence electrons. The molecule has 3 N–H and O–H groups in total. The first-order chi connectivity index (χ1) is 29.1. The maximum Gasteiger partial charge on any atom is 0.135 e. The van der Waals surface area contributed by atoms with Crippen LogP contribution >= 0.6 is 0 Å². The molecule has 0 aliphatic heterocycles. The van der Waals surface area contributed by atoms with E-state index in [1.165, 1.54) is 77.1 Å². The van der Waals surface area contributed by atoms with Gasteiger partial charge in [0.2, 0.25) is 0 Å². The highest BCUT2D eigenvalue weighted by Gasteiger charge is 2.26. The van der Waals surface area contributed by atoms with Crippen molar-refractivity contribution < 1.29 is 4.42 Å². The predicted octanol–water partition coefficient (Wildman–Crippen LogP) is 13.7. The van der Waals surface area contributed by atoms with Crippen LogP contribution in [-0.4, -0.2) is 9.13 Å². The zero-order valence-electron chi connectivity index (χ0n) is 33.5. The van der Waals surface area contributed by atoms with Gasteiger partial charge in [-0.2, -0.15) is 0 Å². The number of hydrogen-bond donors (Lipinski definition) is 2. The molecular weight excluding hydrogens is 721 g/mol. The molecule has 2 atom stereocenters. The van der Waals surface area contributed by atoms with Crippen LogP contribution in [0.25, 0.3) is 72.3 Å². The first-order valence-corrected chi connectivity index (χ1v) is 21.0. The number of aromatic nitrogens is 2. The molecule has 0 bridgehead atoms. The van der Waals surface area contributed by atoms with E-state index in [2.05, 4.69) is 161 Å². The summed E-state index contributed by atoms with van der Waals surface area (Å²) in [5, 5.41) is 11.4. The first kappa shape index (κ1) is 35.2. The highest BCUT2D eigenvalue weighted by atomic mass is 16.3. The highest BCUT2D eigenvalue weighted by molar-refractivity contribution is 6.21. The Balaban J connectivity index is 1.12. The molecule has 9 aromatic rings. The van der Waals surface area contributed by atoms with Crippen molar-refractivity contribution in [1.82, 2.24) is 9.13 Å². The number of nitrogens with two attached hydrogens (primary N) is 1. The Kier molecular flexibility index (Phi) is 8.44. The largest absolute Gasteiger partial charge is 0.456 e. The molecule has 3 heterocycles. The number of hydrogen-bond acceptors (Lipinski definition) is 3. The van der Waals surface area contributed by atoms with Crippen molar-refractivity contribution in [2.75, 3.05) is 11.1 Å². The monoisotopic (exact) mass is 766 g/mol. The number of fused-ring (bicyclic) bond motifs is 10. The third-order valence-corrected chi connectivity index (χ3v) is 12.8. The van der Waals surface area contributed by atoms with Crippen molar-refractivity contribution in [3.05, 3.63) is 185 Å². The van der Waals surface area contributed by atoms with E-state index in [-0.39, 0.29) is 6.04 Å². The Morgan fingerprint density at radius 1 is 0.814 bits per heavy atom. The van der Waals surface area contributed by atoms with Crippen LogP contribution in [-0.2, 0) is 19.4 Å². The molecule has 2 aliphatic rings. The minimum atomic E-state index is -0.109. The second-order valence-corrected chi connectivity index (χ2v) is 16.1. The molecule has 3 aromatic heterocycles. The fourth-order valence-corrected chi connectivity index (χ4v) is 9.98. The second kappa shape index (κ2) is 14.1. The van der Waals surface area contributed by atoms with E-state index in [1.807, 2.05) is 31.2 Å². The Hall–Kier alpha value is -6.98. The summed E-state index contributed by atoms with van der Waals surface area (Å²) in [6, 6.07) is 44.1. The fraction of sp³-hybridized carbons (Fsp3) is 0.148. The van der Waals surface area contributed by atoms with Crippen molar-refractivity contribution in [3.8, 4) is 5.69 Å². The minimum Gasteiger partial charge on any atom is -0.456 e. The SMILES string of the molecule is C/C=C\c1oc2ccc(C(Cn3c4ccc(-n5c6c(c7ccccc75)C=C5C=CC=CC5CC6)cc4c4c5ccccc5ccc43)Nc3ccccc3N)cc2c1CC. The van der Waals surface area contributed by atoms with E-state index in [0.29, 0.717) is 12.5 Å². The van der Waals surface area contributed by atoms with Crippen LogP contribution in [0.2, 0.25) is 0 Å². The molecule has 59 heavy (non-hydrogen) atoms. The van der Waals surface area contributed by atoms with Gasteiger partial charge in [0.25, 0.3) is 0 Å². The van der Waals surface area contributed by atoms with Gasteiger partial charge in [-0.15, -0.1) is 0 Å². The molecule has 0 spiro atoms. The van der Waals surface area contributed by atoms with Crippen LogP contribution in [0.15, 0.2) is 162 Å². The zero-order chi connectivity index (χ0) is 39.6. The summed E-state index contributed by atoms with van der Waals surface area (Å²) in [6.07, 6.45) is 18.6. The average Bonchev–Trinajstić information content (AvgIpc) is 3.84. The molecule has 0 radical (unpaired) electrons. The molecular formula is C54H46N4O. The highest BCUT2D eigenvalue weighted by Crippen LogP contribution is 2.42. The van der Waals surface area contributed by atoms with Gasteiger partial charge >= 0.3 is 0 Å². The number of furan rings is 1.